The van der Waals surface area contributed by atoms with Crippen molar-refractivity contribution in [2.45, 2.75) is 28.0 Å². The van der Waals surface area contributed by atoms with E-state index in [1.807, 2.05) is 22.9 Å². The van der Waals surface area contributed by atoms with Gasteiger partial charge in [0.1, 0.15) is 5.25 Å². The Bertz CT molecular complexity index is 1180. The molecule has 2 saturated heterocycles. The highest BCUT2D eigenvalue weighted by atomic mass is 35.5. The van der Waals surface area contributed by atoms with Crippen LogP contribution >= 0.6 is 34.7 Å². The van der Waals surface area contributed by atoms with E-state index < -0.39 is 16.7 Å². The summed E-state index contributed by atoms with van der Waals surface area (Å²) in [6, 6.07) is 16.1. The van der Waals surface area contributed by atoms with Crippen LogP contribution < -0.4 is 10.2 Å². The van der Waals surface area contributed by atoms with Crippen molar-refractivity contribution in [1.29, 1.82) is 0 Å². The molecule has 4 nitrogen and oxygen atoms in total. The number of Topliss-reactive ketones (excluding diaryl/α,β-unsaturated/α-hetero) is 1. The maximum Gasteiger partial charge on any atom is 0.282 e. The van der Waals surface area contributed by atoms with Crippen LogP contribution in [0.3, 0.4) is 0 Å². The summed E-state index contributed by atoms with van der Waals surface area (Å²) in [7, 11) is 0. The summed E-state index contributed by atoms with van der Waals surface area (Å²) >= 11 is 8.86. The number of nitrogens with zero attached hydrogens (tertiary/aromatic N) is 1. The third-order valence-electron chi connectivity index (χ3n) is 5.97. The van der Waals surface area contributed by atoms with Crippen molar-refractivity contribution in [3.63, 3.8) is 0 Å². The lowest BCUT2D eigenvalue weighted by molar-refractivity contribution is -0.132. The lowest BCUT2D eigenvalue weighted by Crippen LogP contribution is -2.58. The van der Waals surface area contributed by atoms with Crippen LogP contribution in [0.1, 0.15) is 17.5 Å². The van der Waals surface area contributed by atoms with E-state index in [9.17, 15) is 18.4 Å². The van der Waals surface area contributed by atoms with E-state index in [2.05, 4.69) is 5.32 Å². The monoisotopic (exact) mass is 504 g/mol. The lowest BCUT2D eigenvalue weighted by Gasteiger charge is -2.42. The summed E-state index contributed by atoms with van der Waals surface area (Å²) in [5.74, 6) is -3.23. The highest BCUT2D eigenvalue weighted by Gasteiger charge is 2.48. The molecule has 1 aromatic heterocycles. The molecule has 1 N–H and O–H groups in total. The molecule has 3 heterocycles. The summed E-state index contributed by atoms with van der Waals surface area (Å²) in [6.45, 7) is -0.615. The second-order valence-electron chi connectivity index (χ2n) is 8.24. The number of amides is 1. The van der Waals surface area contributed by atoms with Gasteiger partial charge >= 0.3 is 0 Å². The first-order chi connectivity index (χ1) is 15.8. The maximum absolute atomic E-state index is 13.3. The molecule has 0 bridgehead atoms. The standard InChI is InChI=1S/C24H19ClF2N2O2S2/c25-18-3-1-2-4-20(18)33-21-19(30)11-24(28-22(21)31,16-9-10-32-12-16)15-5-7-17(8-6-15)29-13-23(26,27)14-29/h1-10,12,21H,11,13-14H2,(H,28,31). The van der Waals surface area contributed by atoms with E-state index in [-0.39, 0.29) is 31.2 Å². The number of thioether (sulfide) groups is 1. The van der Waals surface area contributed by atoms with Crippen molar-refractivity contribution in [2.24, 2.45) is 0 Å². The Kier molecular flexibility index (Phi) is 5.71. The summed E-state index contributed by atoms with van der Waals surface area (Å²) < 4.78 is 26.5. The minimum absolute atomic E-state index is 0.0821. The SMILES string of the molecule is O=C1CC(c2ccc(N3CC(F)(F)C3)cc2)(c2ccsc2)NC(=O)C1Sc1ccccc1Cl. The van der Waals surface area contributed by atoms with Crippen LogP contribution in [0.4, 0.5) is 14.5 Å². The smallest absolute Gasteiger partial charge is 0.282 e. The number of carbonyl (C=O) groups is 2. The molecule has 2 aliphatic heterocycles. The Balaban J connectivity index is 1.44. The molecule has 2 aromatic carbocycles. The molecule has 9 heteroatoms. The number of thiophene rings is 1. The zero-order valence-corrected chi connectivity index (χ0v) is 19.7. The number of halogens is 3. The number of ketones is 1. The van der Waals surface area contributed by atoms with Gasteiger partial charge in [0.2, 0.25) is 5.91 Å². The minimum Gasteiger partial charge on any atom is -0.359 e. The Labute approximate surface area is 202 Å². The lowest BCUT2D eigenvalue weighted by atomic mass is 9.77. The number of piperidine rings is 1. The van der Waals surface area contributed by atoms with Gasteiger partial charge in [-0.1, -0.05) is 35.9 Å². The molecule has 170 valence electrons. The Hall–Kier alpha value is -2.42. The van der Waals surface area contributed by atoms with Gasteiger partial charge in [-0.3, -0.25) is 9.59 Å². The predicted molar refractivity (Wildman–Crippen MR) is 128 cm³/mol. The van der Waals surface area contributed by atoms with Gasteiger partial charge in [-0.25, -0.2) is 8.78 Å². The zero-order valence-electron chi connectivity index (χ0n) is 17.3. The second-order valence-corrected chi connectivity index (χ2v) is 10.6. The van der Waals surface area contributed by atoms with Gasteiger partial charge in [0.25, 0.3) is 5.92 Å². The average Bonchev–Trinajstić information content (AvgIpc) is 3.31. The van der Waals surface area contributed by atoms with E-state index in [0.717, 1.165) is 22.9 Å². The fourth-order valence-electron chi connectivity index (χ4n) is 4.28. The molecular formula is C24H19ClF2N2O2S2. The first-order valence-corrected chi connectivity index (χ1v) is 12.5. The molecule has 0 radical (unpaired) electrons. The molecule has 3 aromatic rings. The van der Waals surface area contributed by atoms with E-state index in [1.54, 1.807) is 47.4 Å². The zero-order chi connectivity index (χ0) is 23.2. The Morgan fingerprint density at radius 1 is 1.03 bits per heavy atom. The van der Waals surface area contributed by atoms with Crippen LogP contribution in [0.15, 0.2) is 70.3 Å². The quantitative estimate of drug-likeness (QED) is 0.476. The normalized spacial score (nSPS) is 24.3. The van der Waals surface area contributed by atoms with Crippen molar-refractivity contribution in [2.75, 3.05) is 18.0 Å². The number of hydrogen-bond donors (Lipinski definition) is 1. The topological polar surface area (TPSA) is 49.4 Å². The summed E-state index contributed by atoms with van der Waals surface area (Å²) in [5, 5.41) is 6.51. The number of alkyl halides is 2. The average molecular weight is 505 g/mol. The second kappa shape index (κ2) is 8.42. The van der Waals surface area contributed by atoms with Crippen LogP contribution in [0.25, 0.3) is 0 Å². The largest absolute Gasteiger partial charge is 0.359 e. The fraction of sp³-hybridized carbons (Fsp3) is 0.250. The van der Waals surface area contributed by atoms with Crippen LogP contribution in [-0.2, 0) is 15.1 Å². The highest BCUT2D eigenvalue weighted by molar-refractivity contribution is 8.01. The first kappa shape index (κ1) is 22.4. The van der Waals surface area contributed by atoms with Crippen LogP contribution in [-0.4, -0.2) is 36.0 Å². The number of rotatable bonds is 5. The molecule has 0 saturated carbocycles. The van der Waals surface area contributed by atoms with E-state index in [4.69, 9.17) is 11.6 Å². The number of nitrogens with one attached hydrogen (secondary N) is 1. The van der Waals surface area contributed by atoms with Gasteiger partial charge in [0.05, 0.1) is 23.7 Å². The third-order valence-corrected chi connectivity index (χ3v) is 8.42. The summed E-state index contributed by atoms with van der Waals surface area (Å²) in [4.78, 5) is 28.8. The van der Waals surface area contributed by atoms with Crippen LogP contribution in [0, 0.1) is 0 Å². The van der Waals surface area contributed by atoms with Crippen molar-refractivity contribution >= 4 is 52.1 Å². The van der Waals surface area contributed by atoms with Gasteiger partial charge < -0.3 is 10.2 Å². The number of hydrogen-bond acceptors (Lipinski definition) is 5. The molecule has 0 spiro atoms. The van der Waals surface area contributed by atoms with Gasteiger partial charge in [-0.15, -0.1) is 11.8 Å². The van der Waals surface area contributed by atoms with Gasteiger partial charge in [-0.2, -0.15) is 11.3 Å². The molecule has 1 amide bonds. The predicted octanol–water partition coefficient (Wildman–Crippen LogP) is 5.35. The van der Waals surface area contributed by atoms with Crippen molar-refractivity contribution in [3.8, 4) is 0 Å². The molecule has 2 atom stereocenters. The molecule has 2 unspecified atom stereocenters. The maximum atomic E-state index is 13.3. The van der Waals surface area contributed by atoms with Gasteiger partial charge in [-0.05, 0) is 52.2 Å². The van der Waals surface area contributed by atoms with Crippen molar-refractivity contribution < 1.29 is 18.4 Å². The molecule has 2 fully saturated rings. The highest BCUT2D eigenvalue weighted by Crippen LogP contribution is 2.42. The van der Waals surface area contributed by atoms with Crippen LogP contribution in [0.2, 0.25) is 5.02 Å². The van der Waals surface area contributed by atoms with Crippen LogP contribution in [0.5, 0.6) is 0 Å². The van der Waals surface area contributed by atoms with E-state index in [1.165, 1.54) is 11.3 Å². The van der Waals surface area contributed by atoms with E-state index >= 15 is 0 Å². The summed E-state index contributed by atoms with van der Waals surface area (Å²) in [6.07, 6.45) is 0.0821. The van der Waals surface area contributed by atoms with E-state index in [0.29, 0.717) is 15.6 Å². The third kappa shape index (κ3) is 4.16. The molecule has 33 heavy (non-hydrogen) atoms. The Morgan fingerprint density at radius 2 is 1.76 bits per heavy atom. The first-order valence-electron chi connectivity index (χ1n) is 10.3. The molecule has 5 rings (SSSR count). The molecule has 2 aliphatic rings. The Morgan fingerprint density at radius 3 is 2.36 bits per heavy atom. The minimum atomic E-state index is -2.66. The van der Waals surface area contributed by atoms with Crippen molar-refractivity contribution in [1.82, 2.24) is 5.32 Å². The van der Waals surface area contributed by atoms with Crippen molar-refractivity contribution in [3.05, 3.63) is 81.5 Å². The molecule has 0 aliphatic carbocycles. The van der Waals surface area contributed by atoms with Gasteiger partial charge in [0.15, 0.2) is 5.78 Å². The fourth-order valence-corrected chi connectivity index (χ4v) is 6.25. The summed E-state index contributed by atoms with van der Waals surface area (Å²) in [5.41, 5.74) is 1.23. The number of benzene rings is 2. The van der Waals surface area contributed by atoms with Gasteiger partial charge in [0, 0.05) is 17.0 Å². The number of carbonyl (C=O) groups excluding carboxylic acids is 2. The number of anilines is 1. The molecular weight excluding hydrogens is 486 g/mol.